The largest absolute Gasteiger partial charge is 0.417 e. The number of para-hydroxylation sites is 1. The molecule has 1 aliphatic heterocycles. The first kappa shape index (κ1) is 41.7. The van der Waals surface area contributed by atoms with E-state index in [1.54, 1.807) is 12.1 Å². The monoisotopic (exact) mass is 886 g/mol. The number of nitrogen functional groups attached to an aromatic ring is 1. The van der Waals surface area contributed by atoms with Gasteiger partial charge in [0.15, 0.2) is 11.0 Å². The summed E-state index contributed by atoms with van der Waals surface area (Å²) in [6.07, 6.45) is -1.39. The number of benzene rings is 3. The van der Waals surface area contributed by atoms with Crippen molar-refractivity contribution in [3.63, 3.8) is 0 Å². The quantitative estimate of drug-likeness (QED) is 0.108. The molecule has 0 bridgehead atoms. The zero-order chi connectivity index (χ0) is 42.6. The van der Waals surface area contributed by atoms with Crippen molar-refractivity contribution in [2.24, 2.45) is 27.8 Å². The van der Waals surface area contributed by atoms with Crippen LogP contribution in [0.1, 0.15) is 67.2 Å². The van der Waals surface area contributed by atoms with Gasteiger partial charge in [-0.2, -0.15) is 18.0 Å². The van der Waals surface area contributed by atoms with Gasteiger partial charge in [-0.3, -0.25) is 0 Å². The number of tetrazole rings is 2. The molecule has 6 aromatic rings. The van der Waals surface area contributed by atoms with Crippen LogP contribution in [0.2, 0.25) is 0 Å². The fraction of sp³-hybridized carbons (Fsp3) is 0.417. The molecule has 2 fully saturated rings. The number of fused-ring (bicyclic) bond motifs is 1. The maximum Gasteiger partial charge on any atom is 0.417 e. The number of aromatic amines is 1. The van der Waals surface area contributed by atoms with Crippen molar-refractivity contribution >= 4 is 46.7 Å². The van der Waals surface area contributed by atoms with E-state index in [9.17, 15) is 30.0 Å². The molecular weight excluding hydrogens is 846 g/mol. The van der Waals surface area contributed by atoms with E-state index in [4.69, 9.17) is 26.8 Å². The molecule has 24 heteroatoms. The number of rotatable bonds is 11. The van der Waals surface area contributed by atoms with Crippen molar-refractivity contribution in [1.29, 1.82) is 0 Å². The average Bonchev–Trinajstić information content (AvgIpc) is 3.98. The number of halogens is 3. The molecule has 318 valence electrons. The molecule has 60 heavy (non-hydrogen) atoms. The summed E-state index contributed by atoms with van der Waals surface area (Å²) in [7, 11) is -9.41. The number of thiazole rings is 1. The summed E-state index contributed by atoms with van der Waals surface area (Å²) in [5.41, 5.74) is 12.8. The summed E-state index contributed by atoms with van der Waals surface area (Å²) < 4.78 is 97.2. The summed E-state index contributed by atoms with van der Waals surface area (Å²) in [6, 6.07) is 10.4. The number of nitrogens with two attached hydrogens (primary N) is 4. The molecule has 3 aromatic carbocycles. The number of nitrogens with one attached hydrogen (secondary N) is 2. The molecule has 1 aliphatic carbocycles. The van der Waals surface area contributed by atoms with E-state index < -0.39 is 54.2 Å². The van der Waals surface area contributed by atoms with Gasteiger partial charge in [-0.1, -0.05) is 41.7 Å². The van der Waals surface area contributed by atoms with E-state index in [0.29, 0.717) is 59.1 Å². The van der Waals surface area contributed by atoms with Gasteiger partial charge in [-0.15, -0.1) is 15.3 Å². The Bertz CT molecular complexity index is 2770. The van der Waals surface area contributed by atoms with Crippen LogP contribution in [0.3, 0.4) is 0 Å². The number of sulfonamides is 2. The molecule has 3 atom stereocenters. The second-order valence-electron chi connectivity index (χ2n) is 15.2. The zero-order valence-electron chi connectivity index (χ0n) is 31.8. The highest BCUT2D eigenvalue weighted by atomic mass is 32.2. The minimum Gasteiger partial charge on any atom is -0.375 e. The third-order valence-corrected chi connectivity index (χ3v) is 14.3. The Balaban J connectivity index is 1.28. The SMILES string of the molecule is NCC[C@H]1CCC(c2ccc(C(F)(F)F)c(S(N)(=O)=O)c2-c2nnn[nH]2)CC1n1nnc(-c2c(-c3cccc4sc(N)nc34)ccc(CC3CCNCC3)c2S(N)(=O)=O)n1. The molecule has 1 saturated carbocycles. The topological polar surface area (TPSA) is 295 Å². The van der Waals surface area contributed by atoms with E-state index in [-0.39, 0.29) is 52.5 Å². The Labute approximate surface area is 345 Å². The highest BCUT2D eigenvalue weighted by Crippen LogP contribution is 2.49. The molecule has 3 aromatic heterocycles. The molecule has 4 heterocycles. The van der Waals surface area contributed by atoms with Gasteiger partial charge in [-0.25, -0.2) is 37.2 Å². The number of H-pyrrole nitrogens is 1. The van der Waals surface area contributed by atoms with Crippen LogP contribution >= 0.6 is 11.3 Å². The Morgan fingerprint density at radius 3 is 2.35 bits per heavy atom. The lowest BCUT2D eigenvalue weighted by Gasteiger charge is -2.36. The molecule has 0 amide bonds. The van der Waals surface area contributed by atoms with E-state index in [2.05, 4.69) is 41.2 Å². The van der Waals surface area contributed by atoms with Crippen LogP contribution < -0.4 is 27.1 Å². The first-order valence-electron chi connectivity index (χ1n) is 19.1. The summed E-state index contributed by atoms with van der Waals surface area (Å²) in [5.74, 6) is -0.908. The molecule has 10 N–H and O–H groups in total. The second kappa shape index (κ2) is 16.1. The number of hydrogen-bond acceptors (Lipinski definition) is 15. The summed E-state index contributed by atoms with van der Waals surface area (Å²) in [4.78, 5) is 4.64. The number of aromatic nitrogens is 9. The predicted molar refractivity (Wildman–Crippen MR) is 216 cm³/mol. The number of hydrogen-bond donors (Lipinski definition) is 6. The summed E-state index contributed by atoms with van der Waals surface area (Å²) >= 11 is 1.28. The van der Waals surface area contributed by atoms with Gasteiger partial charge < -0.3 is 16.8 Å². The third kappa shape index (κ3) is 8.11. The van der Waals surface area contributed by atoms with E-state index in [1.807, 2.05) is 18.2 Å². The summed E-state index contributed by atoms with van der Waals surface area (Å²) in [5, 5.41) is 42.2. The van der Waals surface area contributed by atoms with Crippen LogP contribution in [-0.2, 0) is 32.6 Å². The van der Waals surface area contributed by atoms with Crippen molar-refractivity contribution in [1.82, 2.24) is 51.1 Å². The minimum absolute atomic E-state index is 0.0329. The van der Waals surface area contributed by atoms with Gasteiger partial charge in [0.1, 0.15) is 4.90 Å². The number of piperidine rings is 1. The predicted octanol–water partition coefficient (Wildman–Crippen LogP) is 3.71. The van der Waals surface area contributed by atoms with Gasteiger partial charge >= 0.3 is 6.18 Å². The molecular formula is C36H41F3N14O4S3. The standard InChI is InChI=1S/C36H41F3N14O4S3/c37-36(38,39)25-9-8-22(28(32(25)60(43,56)57)33-46-50-51-47-33)20-5-4-19(10-13-40)26(17-20)53-49-34(48-52-53)29-23(24-2-1-3-27-30(24)45-35(41)58-27)7-6-21(31(29)59(42,54)55)16-18-11-14-44-15-12-18/h1-3,6-9,18-20,26,44H,4-5,10-17,40H2,(H2,41,45)(H2,42,54,55)(H2,43,56,57)(H,46,47,50,51)/t19-,20?,26?/m1/s1. The molecule has 0 radical (unpaired) electrons. The maximum absolute atomic E-state index is 14.3. The summed E-state index contributed by atoms with van der Waals surface area (Å²) in [6.45, 7) is 1.88. The molecule has 1 saturated heterocycles. The minimum atomic E-state index is -5.08. The zero-order valence-corrected chi connectivity index (χ0v) is 34.3. The highest BCUT2D eigenvalue weighted by molar-refractivity contribution is 7.89. The first-order valence-corrected chi connectivity index (χ1v) is 23.0. The average molecular weight is 887 g/mol. The lowest BCUT2D eigenvalue weighted by Crippen LogP contribution is -2.31. The van der Waals surface area contributed by atoms with Gasteiger partial charge in [0.05, 0.1) is 32.3 Å². The van der Waals surface area contributed by atoms with Crippen molar-refractivity contribution in [2.45, 2.75) is 72.9 Å². The number of anilines is 1. The molecule has 8 rings (SSSR count). The van der Waals surface area contributed by atoms with Crippen molar-refractivity contribution in [2.75, 3.05) is 25.4 Å². The highest BCUT2D eigenvalue weighted by Gasteiger charge is 2.42. The maximum atomic E-state index is 14.3. The van der Waals surface area contributed by atoms with Crippen LogP contribution in [0.5, 0.6) is 0 Å². The van der Waals surface area contributed by atoms with Crippen molar-refractivity contribution in [3.8, 4) is 33.9 Å². The van der Waals surface area contributed by atoms with E-state index >= 15 is 0 Å². The number of alkyl halides is 3. The molecule has 18 nitrogen and oxygen atoms in total. The van der Waals surface area contributed by atoms with E-state index in [0.717, 1.165) is 30.6 Å². The molecule has 2 unspecified atom stereocenters. The Kier molecular flexibility index (Phi) is 11.2. The van der Waals surface area contributed by atoms with Crippen LogP contribution in [-0.4, -0.2) is 82.3 Å². The fourth-order valence-corrected chi connectivity index (χ4v) is 11.6. The Hall–Kier alpha value is -4.98. The second-order valence-corrected chi connectivity index (χ2v) is 19.2. The van der Waals surface area contributed by atoms with Crippen LogP contribution in [0, 0.1) is 11.8 Å². The lowest BCUT2D eigenvalue weighted by molar-refractivity contribution is -0.139. The van der Waals surface area contributed by atoms with Crippen LogP contribution in [0.4, 0.5) is 18.3 Å². The van der Waals surface area contributed by atoms with Gasteiger partial charge in [0, 0.05) is 11.1 Å². The normalized spacial score (nSPS) is 19.6. The van der Waals surface area contributed by atoms with Crippen molar-refractivity contribution in [3.05, 3.63) is 59.2 Å². The third-order valence-electron chi connectivity index (χ3n) is 11.5. The smallest absolute Gasteiger partial charge is 0.375 e. The van der Waals surface area contributed by atoms with Crippen LogP contribution in [0.25, 0.3) is 44.1 Å². The lowest BCUT2D eigenvalue weighted by atomic mass is 9.73. The van der Waals surface area contributed by atoms with Gasteiger partial charge in [0.2, 0.25) is 25.9 Å². The van der Waals surface area contributed by atoms with Crippen LogP contribution in [0.15, 0.2) is 52.3 Å². The Morgan fingerprint density at radius 2 is 1.67 bits per heavy atom. The number of primary sulfonamides is 2. The number of nitrogens with zero attached hydrogens (tertiary/aromatic N) is 8. The van der Waals surface area contributed by atoms with Gasteiger partial charge in [0.25, 0.3) is 0 Å². The molecule has 2 aliphatic rings. The Morgan fingerprint density at radius 1 is 0.900 bits per heavy atom. The molecule has 0 spiro atoms. The van der Waals surface area contributed by atoms with Crippen molar-refractivity contribution < 1.29 is 30.0 Å². The van der Waals surface area contributed by atoms with Gasteiger partial charge in [-0.05, 0) is 127 Å². The van der Waals surface area contributed by atoms with E-state index in [1.165, 1.54) is 22.2 Å². The first-order chi connectivity index (χ1) is 28.5. The fourth-order valence-electron chi connectivity index (χ4n) is 8.90.